The summed E-state index contributed by atoms with van der Waals surface area (Å²) in [5, 5.41) is 7.58. The largest absolute Gasteiger partial charge is 0.341 e. The van der Waals surface area contributed by atoms with E-state index < -0.39 is 0 Å². The maximum absolute atomic E-state index is 11.8. The summed E-state index contributed by atoms with van der Waals surface area (Å²) >= 11 is 2.60. The van der Waals surface area contributed by atoms with Gasteiger partial charge < -0.3 is 10.2 Å². The van der Waals surface area contributed by atoms with E-state index in [0.29, 0.717) is 22.5 Å². The highest BCUT2D eigenvalue weighted by atomic mass is 32.2. The second-order valence-electron chi connectivity index (χ2n) is 8.22. The Labute approximate surface area is 205 Å². The summed E-state index contributed by atoms with van der Waals surface area (Å²) in [6, 6.07) is 10.1. The number of aromatic nitrogens is 3. The van der Waals surface area contributed by atoms with Crippen LogP contribution >= 0.6 is 23.1 Å². The fourth-order valence-corrected chi connectivity index (χ4v) is 5.41. The third-order valence-electron chi connectivity index (χ3n) is 5.84. The summed E-state index contributed by atoms with van der Waals surface area (Å²) in [4.78, 5) is 40.4. The molecule has 3 aromatic rings. The number of hydrogen-bond acceptors (Lipinski definition) is 9. The van der Waals surface area contributed by atoms with E-state index in [1.807, 2.05) is 12.3 Å². The first kappa shape index (κ1) is 22.7. The van der Waals surface area contributed by atoms with E-state index in [2.05, 4.69) is 54.1 Å². The van der Waals surface area contributed by atoms with Crippen LogP contribution in [0.2, 0.25) is 0 Å². The summed E-state index contributed by atoms with van der Waals surface area (Å²) < 4.78 is 0. The van der Waals surface area contributed by atoms with Gasteiger partial charge in [0.25, 0.3) is 11.1 Å². The summed E-state index contributed by atoms with van der Waals surface area (Å²) in [6.07, 6.45) is 7.33. The van der Waals surface area contributed by atoms with Crippen LogP contribution in [0.5, 0.6) is 0 Å². The van der Waals surface area contributed by atoms with Gasteiger partial charge in [0.15, 0.2) is 0 Å². The van der Waals surface area contributed by atoms with E-state index in [1.54, 1.807) is 29.7 Å². The molecule has 2 amide bonds. The number of thiophene rings is 1. The van der Waals surface area contributed by atoms with Crippen LogP contribution < -0.4 is 15.5 Å². The van der Waals surface area contributed by atoms with Crippen molar-refractivity contribution in [2.75, 3.05) is 24.5 Å². The third kappa shape index (κ3) is 5.52. The third-order valence-corrected chi connectivity index (χ3v) is 7.55. The summed E-state index contributed by atoms with van der Waals surface area (Å²) in [6.45, 7) is 3.57. The molecule has 0 radical (unpaired) electrons. The van der Waals surface area contributed by atoms with Crippen molar-refractivity contribution in [3.8, 4) is 10.6 Å². The minimum absolute atomic E-state index is 0.354. The molecule has 0 bridgehead atoms. The number of rotatable bonds is 7. The zero-order valence-corrected chi connectivity index (χ0v) is 20.1. The predicted molar refractivity (Wildman–Crippen MR) is 135 cm³/mol. The number of carbonyl (C=O) groups excluding carboxylic acids is 2. The van der Waals surface area contributed by atoms with Gasteiger partial charge in [0, 0.05) is 32.0 Å². The number of anilines is 1. The lowest BCUT2D eigenvalue weighted by atomic mass is 9.97. The van der Waals surface area contributed by atoms with Crippen LogP contribution in [0, 0.1) is 5.92 Å². The average Bonchev–Trinajstić information content (AvgIpc) is 3.50. The Morgan fingerprint density at radius 3 is 2.76 bits per heavy atom. The van der Waals surface area contributed by atoms with Crippen LogP contribution in [0.1, 0.15) is 24.1 Å². The number of hydrogen-bond donors (Lipinski definition) is 2. The van der Waals surface area contributed by atoms with Crippen LogP contribution in [-0.2, 0) is 11.3 Å². The minimum atomic E-state index is -0.377. The highest BCUT2D eigenvalue weighted by molar-refractivity contribution is 8.18. The van der Waals surface area contributed by atoms with Gasteiger partial charge in [-0.1, -0.05) is 6.07 Å². The zero-order valence-electron chi connectivity index (χ0n) is 18.4. The number of pyridine rings is 1. The minimum Gasteiger partial charge on any atom is -0.341 e. The van der Waals surface area contributed by atoms with Gasteiger partial charge in [-0.15, -0.1) is 11.3 Å². The fraction of sp³-hybridized carbons (Fsp3) is 0.292. The molecule has 8 nitrogen and oxygen atoms in total. The molecule has 174 valence electrons. The predicted octanol–water partition coefficient (Wildman–Crippen LogP) is 3.93. The van der Waals surface area contributed by atoms with Crippen molar-refractivity contribution < 1.29 is 9.59 Å². The molecule has 3 aromatic heterocycles. The molecular formula is C24H24N6O2S2. The monoisotopic (exact) mass is 492 g/mol. The summed E-state index contributed by atoms with van der Waals surface area (Å²) in [5.74, 6) is 0.885. The molecule has 0 aromatic carbocycles. The van der Waals surface area contributed by atoms with E-state index in [1.165, 1.54) is 10.4 Å². The number of nitrogens with zero attached hydrogens (tertiary/aromatic N) is 4. The van der Waals surface area contributed by atoms with E-state index in [0.717, 1.165) is 56.5 Å². The van der Waals surface area contributed by atoms with Gasteiger partial charge in [0.05, 0.1) is 21.2 Å². The van der Waals surface area contributed by atoms with Crippen LogP contribution in [0.3, 0.4) is 0 Å². The van der Waals surface area contributed by atoms with Crippen molar-refractivity contribution in [2.24, 2.45) is 5.92 Å². The topological polar surface area (TPSA) is 100 Å². The molecule has 0 spiro atoms. The molecule has 10 heteroatoms. The Kier molecular flexibility index (Phi) is 6.98. The SMILES string of the molecule is O=C1NC(=O)C(=Cc2ccnc(N3CCC(CNCc4ccnc(-c5cccs5)c4)CC3)n2)S1. The average molecular weight is 493 g/mol. The highest BCUT2D eigenvalue weighted by Crippen LogP contribution is 2.26. The number of piperidine rings is 1. The summed E-state index contributed by atoms with van der Waals surface area (Å²) in [5.41, 5.74) is 2.89. The van der Waals surface area contributed by atoms with Gasteiger partial charge in [-0.05, 0) is 78.4 Å². The van der Waals surface area contributed by atoms with Crippen molar-refractivity contribution >= 4 is 46.3 Å². The zero-order chi connectivity index (χ0) is 23.3. The Morgan fingerprint density at radius 2 is 2.00 bits per heavy atom. The maximum Gasteiger partial charge on any atom is 0.290 e. The molecule has 0 aliphatic carbocycles. The Hall–Kier alpha value is -3.08. The van der Waals surface area contributed by atoms with Crippen LogP contribution in [0.15, 0.2) is 53.0 Å². The maximum atomic E-state index is 11.8. The standard InChI is InChI=1S/C24H24N6O2S2/c31-22-21(34-24(32)29-22)13-18-4-8-27-23(28-18)30-9-5-16(6-10-30)14-25-15-17-3-7-26-19(12-17)20-2-1-11-33-20/h1-4,7-8,11-13,16,25H,5-6,9-10,14-15H2,(H,29,31,32). The van der Waals surface area contributed by atoms with Crippen molar-refractivity contribution in [2.45, 2.75) is 19.4 Å². The van der Waals surface area contributed by atoms with Gasteiger partial charge in [0.1, 0.15) is 0 Å². The van der Waals surface area contributed by atoms with Crippen LogP contribution in [0.4, 0.5) is 10.7 Å². The molecule has 2 N–H and O–H groups in total. The number of amides is 2. The molecule has 0 unspecified atom stereocenters. The summed E-state index contributed by atoms with van der Waals surface area (Å²) in [7, 11) is 0. The lowest BCUT2D eigenvalue weighted by Crippen LogP contribution is -2.38. The fourth-order valence-electron chi connectivity index (χ4n) is 4.05. The van der Waals surface area contributed by atoms with Gasteiger partial charge in [-0.3, -0.25) is 19.9 Å². The molecule has 34 heavy (non-hydrogen) atoms. The second kappa shape index (κ2) is 10.5. The Morgan fingerprint density at radius 1 is 1.15 bits per heavy atom. The molecule has 2 fully saturated rings. The van der Waals surface area contributed by atoms with E-state index in [9.17, 15) is 9.59 Å². The highest BCUT2D eigenvalue weighted by Gasteiger charge is 2.25. The number of carbonyl (C=O) groups is 2. The molecule has 2 aliphatic rings. The molecule has 0 atom stereocenters. The van der Waals surface area contributed by atoms with Crippen molar-refractivity contribution in [1.82, 2.24) is 25.6 Å². The van der Waals surface area contributed by atoms with Crippen molar-refractivity contribution in [3.05, 3.63) is 64.3 Å². The molecule has 2 aliphatic heterocycles. The lowest BCUT2D eigenvalue weighted by Gasteiger charge is -2.32. The number of thioether (sulfide) groups is 1. The second-order valence-corrected chi connectivity index (χ2v) is 10.2. The molecule has 5 rings (SSSR count). The van der Waals surface area contributed by atoms with E-state index >= 15 is 0 Å². The molecular weight excluding hydrogens is 468 g/mol. The first-order valence-electron chi connectivity index (χ1n) is 11.2. The molecule has 5 heterocycles. The quantitative estimate of drug-likeness (QED) is 0.479. The first-order valence-corrected chi connectivity index (χ1v) is 12.9. The number of imide groups is 1. The van der Waals surface area contributed by atoms with Crippen molar-refractivity contribution in [1.29, 1.82) is 0 Å². The van der Waals surface area contributed by atoms with Crippen LogP contribution in [0.25, 0.3) is 16.6 Å². The normalized spacial score (nSPS) is 18.0. The van der Waals surface area contributed by atoms with Gasteiger partial charge in [-0.25, -0.2) is 9.97 Å². The Balaban J connectivity index is 1.11. The number of nitrogens with one attached hydrogen (secondary N) is 2. The van der Waals surface area contributed by atoms with Crippen molar-refractivity contribution in [3.63, 3.8) is 0 Å². The lowest BCUT2D eigenvalue weighted by molar-refractivity contribution is -0.115. The molecule has 2 saturated heterocycles. The van der Waals surface area contributed by atoms with E-state index in [4.69, 9.17) is 0 Å². The van der Waals surface area contributed by atoms with Gasteiger partial charge in [0.2, 0.25) is 5.95 Å². The van der Waals surface area contributed by atoms with Gasteiger partial charge in [-0.2, -0.15) is 0 Å². The Bertz CT molecular complexity index is 1210. The smallest absolute Gasteiger partial charge is 0.290 e. The van der Waals surface area contributed by atoms with Gasteiger partial charge >= 0.3 is 0 Å². The van der Waals surface area contributed by atoms with E-state index in [-0.39, 0.29) is 11.1 Å². The molecule has 0 saturated carbocycles. The first-order chi connectivity index (χ1) is 16.6. The van der Waals surface area contributed by atoms with Crippen LogP contribution in [-0.4, -0.2) is 45.7 Å².